The maximum absolute atomic E-state index is 13.2. The molecule has 0 atom stereocenters. The van der Waals surface area contributed by atoms with E-state index >= 15 is 0 Å². The third-order valence-corrected chi connectivity index (χ3v) is 6.67. The minimum Gasteiger partial charge on any atom is -0.424 e. The second kappa shape index (κ2) is 7.32. The number of benzene rings is 1. The second-order valence-corrected chi connectivity index (χ2v) is 8.73. The number of rotatable bonds is 3. The van der Waals surface area contributed by atoms with E-state index in [4.69, 9.17) is 10.2 Å². The van der Waals surface area contributed by atoms with Crippen LogP contribution in [-0.2, 0) is 0 Å². The SMILES string of the molecule is CN1CCN(C2CN(C(=O)c3cnc4ccc(-c5ccc6oc(N)nc6c5)cn34)C2)CC1. The van der Waals surface area contributed by atoms with Gasteiger partial charge in [-0.3, -0.25) is 14.1 Å². The van der Waals surface area contributed by atoms with Crippen molar-refractivity contribution >= 4 is 28.7 Å². The molecule has 4 aromatic rings. The average Bonchev–Trinajstić information content (AvgIpc) is 3.35. The fraction of sp³-hybridized carbons (Fsp3) is 0.348. The summed E-state index contributed by atoms with van der Waals surface area (Å²) >= 11 is 0. The summed E-state index contributed by atoms with van der Waals surface area (Å²) in [6.45, 7) is 5.88. The zero-order valence-electron chi connectivity index (χ0n) is 17.9. The molecule has 1 aromatic carbocycles. The van der Waals surface area contributed by atoms with Crippen LogP contribution in [0.4, 0.5) is 6.01 Å². The lowest BCUT2D eigenvalue weighted by Crippen LogP contribution is -2.64. The number of likely N-dealkylation sites (N-methyl/N-ethyl adjacent to an activating group) is 1. The Morgan fingerprint density at radius 1 is 1.09 bits per heavy atom. The van der Waals surface area contributed by atoms with Gasteiger partial charge in [-0.2, -0.15) is 4.98 Å². The van der Waals surface area contributed by atoms with Crippen molar-refractivity contribution in [3.63, 3.8) is 0 Å². The molecule has 2 N–H and O–H groups in total. The summed E-state index contributed by atoms with van der Waals surface area (Å²) in [6, 6.07) is 10.3. The van der Waals surface area contributed by atoms with Gasteiger partial charge in [0.1, 0.15) is 16.9 Å². The number of pyridine rings is 1. The molecule has 2 fully saturated rings. The number of imidazole rings is 1. The van der Waals surface area contributed by atoms with Gasteiger partial charge in [-0.05, 0) is 42.4 Å². The number of hydrogen-bond donors (Lipinski definition) is 1. The zero-order valence-corrected chi connectivity index (χ0v) is 17.9. The van der Waals surface area contributed by atoms with E-state index in [0.29, 0.717) is 22.8 Å². The fourth-order valence-electron chi connectivity index (χ4n) is 4.64. The van der Waals surface area contributed by atoms with Crippen molar-refractivity contribution < 1.29 is 9.21 Å². The molecule has 0 saturated carbocycles. The predicted octanol–water partition coefficient (Wildman–Crippen LogP) is 1.80. The normalized spacial score (nSPS) is 18.5. The van der Waals surface area contributed by atoms with E-state index in [9.17, 15) is 4.79 Å². The number of anilines is 1. The molecule has 9 heteroatoms. The smallest absolute Gasteiger partial charge is 0.292 e. The molecule has 3 aromatic heterocycles. The Morgan fingerprint density at radius 3 is 2.69 bits per heavy atom. The predicted molar refractivity (Wildman–Crippen MR) is 121 cm³/mol. The average molecular weight is 432 g/mol. The Labute approximate surface area is 185 Å². The van der Waals surface area contributed by atoms with Crippen LogP contribution < -0.4 is 5.73 Å². The van der Waals surface area contributed by atoms with E-state index in [1.165, 1.54) is 0 Å². The van der Waals surface area contributed by atoms with E-state index < -0.39 is 0 Å². The Morgan fingerprint density at radius 2 is 1.88 bits per heavy atom. The maximum atomic E-state index is 13.2. The lowest BCUT2D eigenvalue weighted by molar-refractivity contribution is 0.0106. The van der Waals surface area contributed by atoms with E-state index in [-0.39, 0.29) is 11.9 Å². The van der Waals surface area contributed by atoms with Crippen LogP contribution in [0.15, 0.2) is 47.1 Å². The summed E-state index contributed by atoms with van der Waals surface area (Å²) < 4.78 is 7.24. The molecule has 0 unspecified atom stereocenters. The van der Waals surface area contributed by atoms with Crippen LogP contribution in [0, 0.1) is 0 Å². The lowest BCUT2D eigenvalue weighted by Gasteiger charge is -2.47. The van der Waals surface area contributed by atoms with Crippen LogP contribution in [0.2, 0.25) is 0 Å². The van der Waals surface area contributed by atoms with Crippen LogP contribution >= 0.6 is 0 Å². The molecule has 0 aliphatic carbocycles. The topological polar surface area (TPSA) is 96.1 Å². The van der Waals surface area contributed by atoms with Crippen LogP contribution in [0.25, 0.3) is 27.9 Å². The first-order chi connectivity index (χ1) is 15.5. The molecule has 5 heterocycles. The fourth-order valence-corrected chi connectivity index (χ4v) is 4.64. The van der Waals surface area contributed by atoms with Gasteiger partial charge in [-0.15, -0.1) is 0 Å². The molecular formula is C23H25N7O2. The van der Waals surface area contributed by atoms with Gasteiger partial charge in [-0.1, -0.05) is 6.07 Å². The Bertz CT molecular complexity index is 1310. The van der Waals surface area contributed by atoms with E-state index in [1.54, 1.807) is 6.20 Å². The molecule has 1 amide bonds. The summed E-state index contributed by atoms with van der Waals surface area (Å²) in [5, 5.41) is 0. The van der Waals surface area contributed by atoms with Gasteiger partial charge >= 0.3 is 0 Å². The Kier molecular flexibility index (Phi) is 4.41. The van der Waals surface area contributed by atoms with Crippen molar-refractivity contribution in [3.05, 3.63) is 48.4 Å². The highest BCUT2D eigenvalue weighted by Gasteiger charge is 2.36. The maximum Gasteiger partial charge on any atom is 0.292 e. The highest BCUT2D eigenvalue weighted by Crippen LogP contribution is 2.27. The Hall–Kier alpha value is -3.43. The number of likely N-dealkylation sites (tertiary alicyclic amines) is 1. The number of carbonyl (C=O) groups is 1. The van der Waals surface area contributed by atoms with Crippen LogP contribution in [-0.4, -0.2) is 87.3 Å². The van der Waals surface area contributed by atoms with Crippen LogP contribution in [0.1, 0.15) is 10.5 Å². The standard InChI is InChI=1S/C23H25N7O2/c1-27-6-8-28(9-7-27)17-13-29(14-17)22(31)19-11-25-21-5-3-16(12-30(19)21)15-2-4-20-18(10-15)26-23(24)32-20/h2-5,10-12,17H,6-9,13-14H2,1H3,(H2,24,26). The number of nitrogens with zero attached hydrogens (tertiary/aromatic N) is 6. The van der Waals surface area contributed by atoms with Gasteiger partial charge in [0, 0.05) is 51.5 Å². The summed E-state index contributed by atoms with van der Waals surface area (Å²) in [4.78, 5) is 28.6. The molecule has 164 valence electrons. The van der Waals surface area contributed by atoms with E-state index in [0.717, 1.165) is 56.0 Å². The van der Waals surface area contributed by atoms with Crippen molar-refractivity contribution in [2.45, 2.75) is 6.04 Å². The third kappa shape index (κ3) is 3.21. The van der Waals surface area contributed by atoms with E-state index in [2.05, 4.69) is 26.8 Å². The molecule has 0 spiro atoms. The number of piperazine rings is 1. The summed E-state index contributed by atoms with van der Waals surface area (Å²) in [5.41, 5.74) is 10.3. The first-order valence-electron chi connectivity index (χ1n) is 10.9. The molecule has 2 aliphatic rings. The van der Waals surface area contributed by atoms with Crippen molar-refractivity contribution in [1.29, 1.82) is 0 Å². The Balaban J connectivity index is 1.23. The highest BCUT2D eigenvalue weighted by molar-refractivity contribution is 5.94. The van der Waals surface area contributed by atoms with Crippen molar-refractivity contribution in [1.82, 2.24) is 29.1 Å². The minimum absolute atomic E-state index is 0.0276. The highest BCUT2D eigenvalue weighted by atomic mass is 16.4. The lowest BCUT2D eigenvalue weighted by atomic mass is 10.1. The monoisotopic (exact) mass is 431 g/mol. The quantitative estimate of drug-likeness (QED) is 0.528. The molecule has 0 bridgehead atoms. The number of fused-ring (bicyclic) bond motifs is 2. The number of hydrogen-bond acceptors (Lipinski definition) is 7. The molecule has 32 heavy (non-hydrogen) atoms. The molecule has 6 rings (SSSR count). The molecule has 9 nitrogen and oxygen atoms in total. The second-order valence-electron chi connectivity index (χ2n) is 8.73. The first kappa shape index (κ1) is 19.3. The largest absolute Gasteiger partial charge is 0.424 e. The van der Waals surface area contributed by atoms with Crippen molar-refractivity contribution in [2.24, 2.45) is 0 Å². The van der Waals surface area contributed by atoms with Crippen molar-refractivity contribution in [3.8, 4) is 11.1 Å². The van der Waals surface area contributed by atoms with E-state index in [1.807, 2.05) is 45.8 Å². The van der Waals surface area contributed by atoms with Crippen molar-refractivity contribution in [2.75, 3.05) is 52.0 Å². The van der Waals surface area contributed by atoms with Crippen LogP contribution in [0.3, 0.4) is 0 Å². The molecule has 2 aliphatic heterocycles. The van der Waals surface area contributed by atoms with Gasteiger partial charge in [0.25, 0.3) is 11.9 Å². The summed E-state index contributed by atoms with van der Waals surface area (Å²) in [6.07, 6.45) is 3.63. The van der Waals surface area contributed by atoms with Gasteiger partial charge < -0.3 is 20.0 Å². The first-order valence-corrected chi connectivity index (χ1v) is 10.9. The summed E-state index contributed by atoms with van der Waals surface area (Å²) in [5.74, 6) is 0.0276. The van der Waals surface area contributed by atoms with Gasteiger partial charge in [0.2, 0.25) is 0 Å². The number of carbonyl (C=O) groups excluding carboxylic acids is 1. The number of amides is 1. The number of nitrogen functional groups attached to an aromatic ring is 1. The third-order valence-electron chi connectivity index (χ3n) is 6.67. The number of oxazole rings is 1. The summed E-state index contributed by atoms with van der Waals surface area (Å²) in [7, 11) is 2.16. The van der Waals surface area contributed by atoms with Gasteiger partial charge in [0.05, 0.1) is 6.20 Å². The van der Waals surface area contributed by atoms with Gasteiger partial charge in [0.15, 0.2) is 5.58 Å². The zero-order chi connectivity index (χ0) is 21.8. The van der Waals surface area contributed by atoms with Gasteiger partial charge in [-0.25, -0.2) is 4.98 Å². The van der Waals surface area contributed by atoms with Crippen LogP contribution in [0.5, 0.6) is 0 Å². The minimum atomic E-state index is 0.0276. The molecule has 0 radical (unpaired) electrons. The number of nitrogens with two attached hydrogens (primary N) is 1. The molecule has 2 saturated heterocycles. The number of aromatic nitrogens is 3. The molecular weight excluding hydrogens is 406 g/mol.